The second kappa shape index (κ2) is 5.74. The number of hydrogen-bond donors (Lipinski definition) is 1. The topological polar surface area (TPSA) is 102 Å². The molecule has 9 heteroatoms. The van der Waals surface area contributed by atoms with Gasteiger partial charge in [0, 0.05) is 14.1 Å². The van der Waals surface area contributed by atoms with E-state index in [9.17, 15) is 13.8 Å². The third-order valence-corrected chi connectivity index (χ3v) is 2.67. The van der Waals surface area contributed by atoms with Gasteiger partial charge < -0.3 is 14.2 Å². The lowest BCUT2D eigenvalue weighted by molar-refractivity contribution is 0.0521. The number of aromatic nitrogens is 2. The molecule has 1 unspecified atom stereocenters. The SMILES string of the molecule is CCOC(=O)c1cnn(C(=O)N(C)C)c1S(=O)O. The summed E-state index contributed by atoms with van der Waals surface area (Å²) in [5.74, 6) is -0.798. The molecular weight excluding hydrogens is 262 g/mol. The first kappa shape index (κ1) is 14.3. The fourth-order valence-electron chi connectivity index (χ4n) is 1.18. The number of amides is 1. The minimum absolute atomic E-state index is 0.114. The summed E-state index contributed by atoms with van der Waals surface area (Å²) in [4.78, 5) is 24.4. The second-order valence-corrected chi connectivity index (χ2v) is 4.31. The van der Waals surface area contributed by atoms with Crippen LogP contribution in [0, 0.1) is 0 Å². The van der Waals surface area contributed by atoms with Crippen LogP contribution in [0.4, 0.5) is 4.79 Å². The Morgan fingerprint density at radius 1 is 1.56 bits per heavy atom. The highest BCUT2D eigenvalue weighted by molar-refractivity contribution is 7.79. The molecule has 0 saturated carbocycles. The second-order valence-electron chi connectivity index (χ2n) is 3.42. The molecule has 0 aliphatic rings. The van der Waals surface area contributed by atoms with Crippen molar-refractivity contribution in [3.63, 3.8) is 0 Å². The standard InChI is InChI=1S/C9H13N3O5S/c1-4-17-8(13)6-5-10-12(7(6)18(15)16)9(14)11(2)3/h5H,4H2,1-3H3,(H,15,16). The van der Waals surface area contributed by atoms with Crippen LogP contribution in [0.1, 0.15) is 17.3 Å². The summed E-state index contributed by atoms with van der Waals surface area (Å²) in [7, 11) is 2.91. The van der Waals surface area contributed by atoms with E-state index in [0.29, 0.717) is 4.68 Å². The van der Waals surface area contributed by atoms with E-state index in [4.69, 9.17) is 9.29 Å². The summed E-state index contributed by atoms with van der Waals surface area (Å²) >= 11 is -2.53. The largest absolute Gasteiger partial charge is 0.462 e. The Kier molecular flexibility index (Phi) is 4.56. The monoisotopic (exact) mass is 275 g/mol. The first-order valence-electron chi connectivity index (χ1n) is 4.97. The maximum Gasteiger partial charge on any atom is 0.345 e. The van der Waals surface area contributed by atoms with E-state index in [1.54, 1.807) is 6.92 Å². The van der Waals surface area contributed by atoms with E-state index >= 15 is 0 Å². The third-order valence-electron chi connectivity index (χ3n) is 1.95. The molecule has 100 valence electrons. The van der Waals surface area contributed by atoms with Crippen molar-refractivity contribution in [1.29, 1.82) is 0 Å². The molecule has 18 heavy (non-hydrogen) atoms. The summed E-state index contributed by atoms with van der Waals surface area (Å²) in [6, 6.07) is -0.636. The average Bonchev–Trinajstić information content (AvgIpc) is 2.72. The van der Waals surface area contributed by atoms with Crippen molar-refractivity contribution in [2.24, 2.45) is 0 Å². The quantitative estimate of drug-likeness (QED) is 0.623. The van der Waals surface area contributed by atoms with Crippen LogP contribution in [0.3, 0.4) is 0 Å². The Hall–Kier alpha value is -1.74. The molecule has 1 N–H and O–H groups in total. The van der Waals surface area contributed by atoms with Gasteiger partial charge in [0.2, 0.25) is 11.1 Å². The summed E-state index contributed by atoms with van der Waals surface area (Å²) in [5.41, 5.74) is -0.201. The van der Waals surface area contributed by atoms with Crippen LogP contribution < -0.4 is 0 Å². The lowest BCUT2D eigenvalue weighted by Crippen LogP contribution is -2.30. The van der Waals surface area contributed by atoms with E-state index < -0.39 is 28.1 Å². The Bertz CT molecular complexity index is 496. The van der Waals surface area contributed by atoms with Crippen molar-refractivity contribution in [1.82, 2.24) is 14.7 Å². The van der Waals surface area contributed by atoms with Crippen molar-refractivity contribution in [2.45, 2.75) is 11.9 Å². The van der Waals surface area contributed by atoms with Crippen molar-refractivity contribution in [3.8, 4) is 0 Å². The minimum Gasteiger partial charge on any atom is -0.462 e. The van der Waals surface area contributed by atoms with Gasteiger partial charge in [0.1, 0.15) is 5.56 Å². The van der Waals surface area contributed by atoms with Gasteiger partial charge in [-0.15, -0.1) is 0 Å². The highest BCUT2D eigenvalue weighted by Crippen LogP contribution is 2.14. The molecule has 0 bridgehead atoms. The first-order valence-corrected chi connectivity index (χ1v) is 6.08. The molecule has 1 atom stereocenters. The van der Waals surface area contributed by atoms with E-state index in [1.807, 2.05) is 0 Å². The predicted molar refractivity (Wildman–Crippen MR) is 61.7 cm³/mol. The van der Waals surface area contributed by atoms with Crippen LogP contribution in [-0.4, -0.2) is 56.1 Å². The molecule has 0 radical (unpaired) electrons. The van der Waals surface area contributed by atoms with Gasteiger partial charge >= 0.3 is 12.0 Å². The summed E-state index contributed by atoms with van der Waals surface area (Å²) in [5, 5.41) is 3.24. The molecule has 1 amide bonds. The molecule has 0 aliphatic heterocycles. The number of ether oxygens (including phenoxy) is 1. The predicted octanol–water partition coefficient (Wildman–Crippen LogP) is 0.170. The number of esters is 1. The fraction of sp³-hybridized carbons (Fsp3) is 0.444. The van der Waals surface area contributed by atoms with E-state index in [2.05, 4.69) is 5.10 Å². The summed E-state index contributed by atoms with van der Waals surface area (Å²) in [6.45, 7) is 1.71. The molecule has 0 fully saturated rings. The van der Waals surface area contributed by atoms with Crippen LogP contribution in [-0.2, 0) is 15.8 Å². The molecule has 0 spiro atoms. The van der Waals surface area contributed by atoms with E-state index in [1.165, 1.54) is 14.1 Å². The Labute approximate surface area is 106 Å². The van der Waals surface area contributed by atoms with Gasteiger partial charge in [0.05, 0.1) is 12.8 Å². The van der Waals surface area contributed by atoms with Crippen LogP contribution in [0.25, 0.3) is 0 Å². The Balaban J connectivity index is 3.27. The normalized spacial score (nSPS) is 12.0. The van der Waals surface area contributed by atoms with Gasteiger partial charge in [-0.1, -0.05) is 0 Å². The van der Waals surface area contributed by atoms with Gasteiger partial charge in [-0.2, -0.15) is 9.78 Å². The zero-order valence-corrected chi connectivity index (χ0v) is 10.9. The van der Waals surface area contributed by atoms with E-state index in [-0.39, 0.29) is 12.2 Å². The molecule has 1 heterocycles. The molecular formula is C9H13N3O5S. The maximum absolute atomic E-state index is 11.7. The number of hydrogen-bond acceptors (Lipinski definition) is 5. The molecule has 1 rings (SSSR count). The molecule has 8 nitrogen and oxygen atoms in total. The van der Waals surface area contributed by atoms with Gasteiger partial charge in [-0.3, -0.25) is 0 Å². The van der Waals surface area contributed by atoms with Crippen molar-refractivity contribution in [3.05, 3.63) is 11.8 Å². The number of carbonyl (C=O) groups is 2. The molecule has 1 aromatic heterocycles. The smallest absolute Gasteiger partial charge is 0.345 e. The van der Waals surface area contributed by atoms with Crippen molar-refractivity contribution in [2.75, 3.05) is 20.7 Å². The first-order chi connectivity index (χ1) is 8.40. The van der Waals surface area contributed by atoms with E-state index in [0.717, 1.165) is 11.1 Å². The molecule has 1 aromatic rings. The van der Waals surface area contributed by atoms with Gasteiger partial charge in [0.25, 0.3) is 0 Å². The number of rotatable bonds is 3. The maximum atomic E-state index is 11.7. The number of carbonyl (C=O) groups excluding carboxylic acids is 2. The van der Waals surface area contributed by atoms with Crippen LogP contribution in [0.15, 0.2) is 11.2 Å². The van der Waals surface area contributed by atoms with Gasteiger partial charge in [-0.25, -0.2) is 13.8 Å². The third kappa shape index (κ3) is 2.74. The zero-order chi connectivity index (χ0) is 13.9. The number of nitrogens with zero attached hydrogens (tertiary/aromatic N) is 3. The fourth-order valence-corrected chi connectivity index (χ4v) is 1.78. The van der Waals surface area contributed by atoms with Crippen LogP contribution >= 0.6 is 0 Å². The summed E-state index contributed by atoms with van der Waals surface area (Å²) in [6.07, 6.45) is 1.03. The van der Waals surface area contributed by atoms with Crippen molar-refractivity contribution >= 4 is 23.1 Å². The minimum atomic E-state index is -2.53. The van der Waals surface area contributed by atoms with Crippen molar-refractivity contribution < 1.29 is 23.1 Å². The van der Waals surface area contributed by atoms with Crippen LogP contribution in [0.5, 0.6) is 0 Å². The van der Waals surface area contributed by atoms with Gasteiger partial charge in [0.15, 0.2) is 5.03 Å². The zero-order valence-electron chi connectivity index (χ0n) is 10.1. The average molecular weight is 275 g/mol. The highest BCUT2D eigenvalue weighted by atomic mass is 32.2. The summed E-state index contributed by atoms with van der Waals surface area (Å²) < 4.78 is 25.8. The lowest BCUT2D eigenvalue weighted by Gasteiger charge is -2.11. The lowest BCUT2D eigenvalue weighted by atomic mass is 10.4. The Morgan fingerprint density at radius 2 is 2.17 bits per heavy atom. The Morgan fingerprint density at radius 3 is 2.61 bits per heavy atom. The van der Waals surface area contributed by atoms with Crippen LogP contribution in [0.2, 0.25) is 0 Å². The van der Waals surface area contributed by atoms with Gasteiger partial charge in [-0.05, 0) is 6.92 Å². The highest BCUT2D eigenvalue weighted by Gasteiger charge is 2.26. The molecule has 0 aliphatic carbocycles. The molecule has 0 aromatic carbocycles. The molecule has 0 saturated heterocycles.